The summed E-state index contributed by atoms with van der Waals surface area (Å²) in [6.45, 7) is 7.26. The molecule has 6 rings (SSSR count). The van der Waals surface area contributed by atoms with Gasteiger partial charge in [-0.15, -0.1) is 6.58 Å². The summed E-state index contributed by atoms with van der Waals surface area (Å²) in [5.41, 5.74) is -0.588. The van der Waals surface area contributed by atoms with Gasteiger partial charge in [0.1, 0.15) is 6.10 Å². The second kappa shape index (κ2) is 9.02. The molecule has 0 aromatic heterocycles. The van der Waals surface area contributed by atoms with Crippen molar-refractivity contribution in [1.29, 1.82) is 0 Å². The van der Waals surface area contributed by atoms with Crippen molar-refractivity contribution in [3.05, 3.63) is 71.3 Å². The second-order valence-electron chi connectivity index (χ2n) is 11.5. The highest BCUT2D eigenvalue weighted by Gasteiger charge is 2.75. The van der Waals surface area contributed by atoms with E-state index >= 15 is 0 Å². The van der Waals surface area contributed by atoms with Gasteiger partial charge in [-0.25, -0.2) is 0 Å². The van der Waals surface area contributed by atoms with Crippen LogP contribution in [0.3, 0.4) is 0 Å². The Morgan fingerprint density at radius 2 is 2.00 bits per heavy atom. The molecule has 40 heavy (non-hydrogen) atoms. The first-order valence-electron chi connectivity index (χ1n) is 13.5. The molecule has 4 aliphatic rings. The van der Waals surface area contributed by atoms with Crippen LogP contribution in [-0.4, -0.2) is 69.8 Å². The summed E-state index contributed by atoms with van der Waals surface area (Å²) in [7, 11) is 1.64. The number of ether oxygens (including phenoxy) is 1. The third kappa shape index (κ3) is 3.55. The van der Waals surface area contributed by atoms with Crippen LogP contribution in [0, 0.1) is 17.8 Å². The zero-order valence-electron chi connectivity index (χ0n) is 22.3. The smallest absolute Gasteiger partial charge is 0.416 e. The summed E-state index contributed by atoms with van der Waals surface area (Å²) in [5, 5.41) is 23.5. The van der Waals surface area contributed by atoms with Gasteiger partial charge in [-0.2, -0.15) is 13.2 Å². The Morgan fingerprint density at radius 1 is 1.27 bits per heavy atom. The van der Waals surface area contributed by atoms with Gasteiger partial charge in [0.25, 0.3) is 5.91 Å². The maximum absolute atomic E-state index is 13.3. The highest BCUT2D eigenvalue weighted by atomic mass is 19.4. The van der Waals surface area contributed by atoms with E-state index in [1.807, 2.05) is 19.1 Å². The number of alkyl halides is 3. The molecule has 2 aliphatic carbocycles. The summed E-state index contributed by atoms with van der Waals surface area (Å²) in [5.74, 6) is 4.94. The van der Waals surface area contributed by atoms with Crippen LogP contribution in [0.15, 0.2) is 49.1 Å². The molecule has 1 saturated carbocycles. The number of likely N-dealkylation sites (tertiary alicyclic amines) is 1. The molecule has 210 valence electrons. The lowest BCUT2D eigenvalue weighted by atomic mass is 9.45. The Balaban J connectivity index is 1.36. The molecule has 2 heterocycles. The van der Waals surface area contributed by atoms with Crippen LogP contribution < -0.4 is 4.74 Å². The molecule has 0 unspecified atom stereocenters. The summed E-state index contributed by atoms with van der Waals surface area (Å²) in [4.78, 5) is 17.1. The lowest BCUT2D eigenvalue weighted by molar-refractivity contribution is -0.222. The number of phenolic OH excluding ortho intramolecular Hbond substituents is 1. The third-order valence-electron chi connectivity index (χ3n) is 9.67. The number of rotatable bonds is 3. The number of aromatic hydroxyl groups is 1. The summed E-state index contributed by atoms with van der Waals surface area (Å²) in [6, 6.07) is 7.27. The molecule has 2 aromatic rings. The molecule has 2 N–H and O–H groups in total. The number of amides is 1. The fourth-order valence-electron chi connectivity index (χ4n) is 7.89. The number of likely N-dealkylation sites (N-methyl/N-ethyl adjacent to an activating group) is 1. The highest BCUT2D eigenvalue weighted by Crippen LogP contribution is 2.67. The number of aliphatic hydroxyl groups is 1. The number of carbonyl (C=O) groups excluding carboxylic acids is 1. The summed E-state index contributed by atoms with van der Waals surface area (Å²) < 4.78 is 45.2. The SMILES string of the molecule is C=CCN1CC[C@]23c4c5ccc(O)c4O[C@H]2[C@H](N(C)C(=O)C#Cc2ccc(C(F)(F)F)cc2)C[C@H](C)[C@@]3(O)[C@H]1C5. The first-order chi connectivity index (χ1) is 18.9. The number of piperidine rings is 1. The third-order valence-corrected chi connectivity index (χ3v) is 9.67. The van der Waals surface area contributed by atoms with Gasteiger partial charge < -0.3 is 19.8 Å². The van der Waals surface area contributed by atoms with Gasteiger partial charge in [-0.3, -0.25) is 9.69 Å². The number of halogens is 3. The van der Waals surface area contributed by atoms with Crippen LogP contribution in [0.5, 0.6) is 11.5 Å². The van der Waals surface area contributed by atoms with Crippen LogP contribution in [0.1, 0.15) is 42.0 Å². The van der Waals surface area contributed by atoms with Gasteiger partial charge >= 0.3 is 6.18 Å². The van der Waals surface area contributed by atoms with Gasteiger partial charge in [-0.1, -0.05) is 25.0 Å². The lowest BCUT2D eigenvalue weighted by Crippen LogP contribution is -2.80. The Kier molecular flexibility index (Phi) is 6.02. The zero-order chi connectivity index (χ0) is 28.6. The number of carbonyl (C=O) groups is 1. The summed E-state index contributed by atoms with van der Waals surface area (Å²) >= 11 is 0. The average Bonchev–Trinajstić information content (AvgIpc) is 3.27. The minimum atomic E-state index is -4.45. The van der Waals surface area contributed by atoms with Crippen LogP contribution in [0.4, 0.5) is 13.2 Å². The summed E-state index contributed by atoms with van der Waals surface area (Å²) in [6.07, 6.45) is -1.55. The van der Waals surface area contributed by atoms with Crippen molar-refractivity contribution >= 4 is 5.91 Å². The maximum Gasteiger partial charge on any atom is 0.416 e. The van der Waals surface area contributed by atoms with Crippen LogP contribution in [-0.2, 0) is 22.8 Å². The predicted octanol–water partition coefficient (Wildman–Crippen LogP) is 3.88. The highest BCUT2D eigenvalue weighted by molar-refractivity contribution is 5.94. The number of benzene rings is 2. The van der Waals surface area contributed by atoms with Crippen molar-refractivity contribution in [3.63, 3.8) is 0 Å². The van der Waals surface area contributed by atoms with E-state index in [0.29, 0.717) is 43.7 Å². The molecule has 9 heteroatoms. The van der Waals surface area contributed by atoms with Crippen LogP contribution in [0.2, 0.25) is 0 Å². The van der Waals surface area contributed by atoms with E-state index in [4.69, 9.17) is 4.74 Å². The lowest BCUT2D eigenvalue weighted by Gasteiger charge is -2.66. The second-order valence-corrected chi connectivity index (χ2v) is 11.5. The Labute approximate surface area is 231 Å². The van der Waals surface area contributed by atoms with Gasteiger partial charge in [0.15, 0.2) is 11.5 Å². The predicted molar refractivity (Wildman–Crippen MR) is 142 cm³/mol. The minimum absolute atomic E-state index is 0.0133. The zero-order valence-corrected chi connectivity index (χ0v) is 22.3. The van der Waals surface area contributed by atoms with Gasteiger partial charge in [0.05, 0.1) is 22.6 Å². The Bertz CT molecular complexity index is 1450. The maximum atomic E-state index is 13.3. The van der Waals surface area contributed by atoms with E-state index in [2.05, 4.69) is 23.3 Å². The van der Waals surface area contributed by atoms with Crippen molar-refractivity contribution in [1.82, 2.24) is 9.80 Å². The van der Waals surface area contributed by atoms with Gasteiger partial charge in [0.2, 0.25) is 0 Å². The molecule has 2 bridgehead atoms. The molecule has 1 amide bonds. The normalized spacial score (nSPS) is 31.9. The van der Waals surface area contributed by atoms with Crippen molar-refractivity contribution in [3.8, 4) is 23.3 Å². The first-order valence-corrected chi connectivity index (χ1v) is 13.5. The van der Waals surface area contributed by atoms with E-state index in [0.717, 1.165) is 23.3 Å². The van der Waals surface area contributed by atoms with E-state index in [1.54, 1.807) is 13.1 Å². The molecule has 0 radical (unpaired) electrons. The molecule has 2 fully saturated rings. The number of nitrogens with zero attached hydrogens (tertiary/aromatic N) is 2. The molecule has 1 spiro atoms. The average molecular weight is 553 g/mol. The largest absolute Gasteiger partial charge is 0.504 e. The molecule has 6 nitrogen and oxygen atoms in total. The van der Waals surface area contributed by atoms with E-state index in [1.165, 1.54) is 17.0 Å². The Hall–Kier alpha value is -3.48. The van der Waals surface area contributed by atoms with E-state index in [9.17, 15) is 28.2 Å². The first kappa shape index (κ1) is 26.7. The van der Waals surface area contributed by atoms with Crippen molar-refractivity contribution in [2.45, 2.75) is 61.6 Å². The number of hydrogen-bond donors (Lipinski definition) is 2. The Morgan fingerprint density at radius 3 is 2.67 bits per heavy atom. The molecule has 2 aromatic carbocycles. The monoisotopic (exact) mass is 552 g/mol. The molecule has 6 atom stereocenters. The fourth-order valence-corrected chi connectivity index (χ4v) is 7.89. The molecule has 2 aliphatic heterocycles. The van der Waals surface area contributed by atoms with Gasteiger partial charge in [-0.05, 0) is 67.6 Å². The molecular formula is C31H31F3N2O4. The topological polar surface area (TPSA) is 73.2 Å². The number of hydrogen-bond acceptors (Lipinski definition) is 5. The van der Waals surface area contributed by atoms with Crippen LogP contribution >= 0.6 is 0 Å². The quantitative estimate of drug-likeness (QED) is 0.447. The van der Waals surface area contributed by atoms with Crippen molar-refractivity contribution in [2.75, 3.05) is 20.1 Å². The minimum Gasteiger partial charge on any atom is -0.504 e. The standard InChI is InChI=1S/C31H31F3N2O4/c1-4-14-36-15-13-29-26-20-8-11-23(37)27(26)40-28(29)22(16-18(2)30(29,39)24(36)17-20)35(3)25(38)12-7-19-5-9-21(10-6-19)31(32,33)34/h4-6,8-11,18,22,24,28,37,39H,1,13-17H2,2-3H3/t18-,22+,24+,28-,29-,30+/m0/s1. The van der Waals surface area contributed by atoms with Gasteiger partial charge in [0, 0.05) is 36.7 Å². The van der Waals surface area contributed by atoms with Crippen LogP contribution in [0.25, 0.3) is 0 Å². The molecular weight excluding hydrogens is 521 g/mol. The fraction of sp³-hybridized carbons (Fsp3) is 0.452. The number of phenols is 1. The van der Waals surface area contributed by atoms with E-state index in [-0.39, 0.29) is 17.7 Å². The molecule has 1 saturated heterocycles. The van der Waals surface area contributed by atoms with E-state index < -0.39 is 40.8 Å². The van der Waals surface area contributed by atoms with Crippen molar-refractivity contribution < 1.29 is 32.9 Å². The van der Waals surface area contributed by atoms with Crippen molar-refractivity contribution in [2.24, 2.45) is 5.92 Å².